The van der Waals surface area contributed by atoms with E-state index in [0.717, 1.165) is 12.5 Å². The molecule has 1 fully saturated rings. The fourth-order valence-corrected chi connectivity index (χ4v) is 2.77. The van der Waals surface area contributed by atoms with Crippen molar-refractivity contribution in [3.8, 4) is 0 Å². The molecule has 0 saturated carbocycles. The molecule has 1 heterocycles. The fourth-order valence-electron chi connectivity index (χ4n) is 2.77. The summed E-state index contributed by atoms with van der Waals surface area (Å²) in [5.41, 5.74) is 4.68. The average Bonchev–Trinajstić information content (AvgIpc) is 2.88. The first-order valence-corrected chi connectivity index (χ1v) is 5.54. The molecule has 1 aromatic carbocycles. The van der Waals surface area contributed by atoms with Gasteiger partial charge in [0.2, 0.25) is 0 Å². The number of fused-ring (bicyclic) bond motifs is 1. The molecule has 2 aliphatic rings. The normalized spacial score (nSPS) is 28.9. The molecule has 0 N–H and O–H groups in total. The minimum absolute atomic E-state index is 0.575. The summed E-state index contributed by atoms with van der Waals surface area (Å²) in [4.78, 5) is 0. The van der Waals surface area contributed by atoms with Crippen molar-refractivity contribution in [2.45, 2.75) is 38.2 Å². The minimum Gasteiger partial charge on any atom is -0.373 e. The molecule has 1 nitrogen and oxygen atoms in total. The Labute approximate surface area is 85.1 Å². The molecular formula is C13H16O. The standard InChI is InChI=1S/C13H16O/c1-9-3-2-4-10-5-6-11(13(9)10)7-12-8-14-12/h2-4,11-12H,5-8H2,1H3/t11-,12?/m0/s1. The molecule has 1 saturated heterocycles. The molecule has 0 radical (unpaired) electrons. The van der Waals surface area contributed by atoms with Gasteiger partial charge in [-0.3, -0.25) is 0 Å². The smallest absolute Gasteiger partial charge is 0.0815 e. The maximum Gasteiger partial charge on any atom is 0.0815 e. The van der Waals surface area contributed by atoms with E-state index in [-0.39, 0.29) is 0 Å². The topological polar surface area (TPSA) is 12.5 Å². The Kier molecular flexibility index (Phi) is 1.88. The van der Waals surface area contributed by atoms with Crippen LogP contribution in [-0.4, -0.2) is 12.7 Å². The van der Waals surface area contributed by atoms with Crippen LogP contribution >= 0.6 is 0 Å². The lowest BCUT2D eigenvalue weighted by atomic mass is 9.93. The summed E-state index contributed by atoms with van der Waals surface area (Å²) in [6.07, 6.45) is 4.43. The molecule has 14 heavy (non-hydrogen) atoms. The maximum atomic E-state index is 5.33. The highest BCUT2D eigenvalue weighted by Crippen LogP contribution is 2.40. The highest BCUT2D eigenvalue weighted by molar-refractivity contribution is 5.41. The van der Waals surface area contributed by atoms with E-state index in [1.807, 2.05) is 0 Å². The van der Waals surface area contributed by atoms with Crippen LogP contribution in [0, 0.1) is 6.92 Å². The predicted molar refractivity (Wildman–Crippen MR) is 56.6 cm³/mol. The molecular weight excluding hydrogens is 172 g/mol. The first-order valence-electron chi connectivity index (χ1n) is 5.54. The molecule has 74 valence electrons. The van der Waals surface area contributed by atoms with Gasteiger partial charge in [0, 0.05) is 0 Å². The molecule has 1 unspecified atom stereocenters. The summed E-state index contributed by atoms with van der Waals surface area (Å²) in [6.45, 7) is 3.24. The van der Waals surface area contributed by atoms with Crippen molar-refractivity contribution >= 4 is 0 Å². The van der Waals surface area contributed by atoms with E-state index in [9.17, 15) is 0 Å². The van der Waals surface area contributed by atoms with Gasteiger partial charge in [0.05, 0.1) is 12.7 Å². The third-order valence-electron chi connectivity index (χ3n) is 3.53. The van der Waals surface area contributed by atoms with E-state index in [1.54, 1.807) is 11.1 Å². The van der Waals surface area contributed by atoms with Gasteiger partial charge >= 0.3 is 0 Å². The number of hydrogen-bond donors (Lipinski definition) is 0. The summed E-state index contributed by atoms with van der Waals surface area (Å²) in [6, 6.07) is 6.71. The van der Waals surface area contributed by atoms with E-state index in [1.165, 1.54) is 24.8 Å². The molecule has 3 rings (SSSR count). The van der Waals surface area contributed by atoms with Crippen molar-refractivity contribution < 1.29 is 4.74 Å². The van der Waals surface area contributed by atoms with Crippen LogP contribution in [0.25, 0.3) is 0 Å². The van der Waals surface area contributed by atoms with Gasteiger partial charge in [-0.15, -0.1) is 0 Å². The second-order valence-electron chi connectivity index (χ2n) is 4.57. The first kappa shape index (κ1) is 8.49. The lowest BCUT2D eigenvalue weighted by Gasteiger charge is -2.12. The Hall–Kier alpha value is -0.820. The van der Waals surface area contributed by atoms with Gasteiger partial charge in [0.1, 0.15) is 0 Å². The van der Waals surface area contributed by atoms with Crippen molar-refractivity contribution in [3.63, 3.8) is 0 Å². The number of aryl methyl sites for hydroxylation is 2. The van der Waals surface area contributed by atoms with Gasteiger partial charge in [0.15, 0.2) is 0 Å². The Morgan fingerprint density at radius 3 is 3.07 bits per heavy atom. The highest BCUT2D eigenvalue weighted by atomic mass is 16.6. The SMILES string of the molecule is Cc1cccc2c1[C@H](CC1CO1)CC2. The van der Waals surface area contributed by atoms with Gasteiger partial charge < -0.3 is 4.74 Å². The van der Waals surface area contributed by atoms with E-state index < -0.39 is 0 Å². The molecule has 0 spiro atoms. The van der Waals surface area contributed by atoms with Gasteiger partial charge in [-0.1, -0.05) is 18.2 Å². The summed E-state index contributed by atoms with van der Waals surface area (Å²) >= 11 is 0. The average molecular weight is 188 g/mol. The molecule has 1 aliphatic heterocycles. The first-order chi connectivity index (χ1) is 6.84. The molecule has 1 heteroatoms. The van der Waals surface area contributed by atoms with E-state index in [2.05, 4.69) is 25.1 Å². The van der Waals surface area contributed by atoms with Crippen molar-refractivity contribution in [2.24, 2.45) is 0 Å². The fraction of sp³-hybridized carbons (Fsp3) is 0.538. The zero-order valence-corrected chi connectivity index (χ0v) is 8.62. The number of hydrogen-bond acceptors (Lipinski definition) is 1. The van der Waals surface area contributed by atoms with Gasteiger partial charge in [-0.25, -0.2) is 0 Å². The third-order valence-corrected chi connectivity index (χ3v) is 3.53. The third kappa shape index (κ3) is 1.36. The van der Waals surface area contributed by atoms with Crippen LogP contribution in [0.3, 0.4) is 0 Å². The molecule has 0 amide bonds. The van der Waals surface area contributed by atoms with E-state index >= 15 is 0 Å². The monoisotopic (exact) mass is 188 g/mol. The predicted octanol–water partition coefficient (Wildman–Crippen LogP) is 2.81. The second-order valence-corrected chi connectivity index (χ2v) is 4.57. The molecule has 2 atom stereocenters. The van der Waals surface area contributed by atoms with Gasteiger partial charge in [-0.2, -0.15) is 0 Å². The summed E-state index contributed by atoms with van der Waals surface area (Å²) in [7, 11) is 0. The highest BCUT2D eigenvalue weighted by Gasteiger charge is 2.31. The molecule has 0 aromatic heterocycles. The Balaban J connectivity index is 1.91. The van der Waals surface area contributed by atoms with E-state index in [0.29, 0.717) is 6.10 Å². The zero-order valence-electron chi connectivity index (χ0n) is 8.62. The largest absolute Gasteiger partial charge is 0.373 e. The number of epoxide rings is 1. The van der Waals surface area contributed by atoms with Crippen LogP contribution in [0.2, 0.25) is 0 Å². The molecule has 1 aliphatic carbocycles. The van der Waals surface area contributed by atoms with Crippen molar-refractivity contribution in [3.05, 3.63) is 34.9 Å². The summed E-state index contributed by atoms with van der Waals surface area (Å²) < 4.78 is 5.33. The van der Waals surface area contributed by atoms with Crippen LogP contribution in [0.1, 0.15) is 35.4 Å². The lowest BCUT2D eigenvalue weighted by Crippen LogP contribution is -2.00. The van der Waals surface area contributed by atoms with Crippen molar-refractivity contribution in [2.75, 3.05) is 6.61 Å². The van der Waals surface area contributed by atoms with Gasteiger partial charge in [0.25, 0.3) is 0 Å². The lowest BCUT2D eigenvalue weighted by molar-refractivity contribution is 0.379. The summed E-state index contributed by atoms with van der Waals surface area (Å²) in [5.74, 6) is 0.777. The van der Waals surface area contributed by atoms with Crippen LogP contribution in [-0.2, 0) is 11.2 Å². The number of ether oxygens (including phenoxy) is 1. The maximum absolute atomic E-state index is 5.33. The Morgan fingerprint density at radius 2 is 2.29 bits per heavy atom. The van der Waals surface area contributed by atoms with Crippen LogP contribution < -0.4 is 0 Å². The van der Waals surface area contributed by atoms with Crippen LogP contribution in [0.15, 0.2) is 18.2 Å². The van der Waals surface area contributed by atoms with Gasteiger partial charge in [-0.05, 0) is 48.8 Å². The number of rotatable bonds is 2. The molecule has 1 aromatic rings. The second kappa shape index (κ2) is 3.09. The summed E-state index contributed by atoms with van der Waals surface area (Å²) in [5, 5.41) is 0. The van der Waals surface area contributed by atoms with Crippen LogP contribution in [0.4, 0.5) is 0 Å². The van der Waals surface area contributed by atoms with Crippen molar-refractivity contribution in [1.82, 2.24) is 0 Å². The molecule has 0 bridgehead atoms. The minimum atomic E-state index is 0.575. The Bertz CT molecular complexity index is 352. The Morgan fingerprint density at radius 1 is 1.43 bits per heavy atom. The van der Waals surface area contributed by atoms with Crippen molar-refractivity contribution in [1.29, 1.82) is 0 Å². The van der Waals surface area contributed by atoms with Crippen LogP contribution in [0.5, 0.6) is 0 Å². The van der Waals surface area contributed by atoms with E-state index in [4.69, 9.17) is 4.74 Å². The zero-order chi connectivity index (χ0) is 9.54. The quantitative estimate of drug-likeness (QED) is 0.650. The number of benzene rings is 1.